The molecule has 0 fully saturated rings. The van der Waals surface area contributed by atoms with E-state index in [4.69, 9.17) is 33.2 Å². The number of hydrogen-bond acceptors (Lipinski definition) is 2. The number of benzene rings is 2. The fourth-order valence-corrected chi connectivity index (χ4v) is 2.57. The molecular formula is C16H13Cl2NO. The maximum atomic E-state index is 8.81. The third-order valence-corrected chi connectivity index (χ3v) is 3.55. The normalized spacial score (nSPS) is 10.2. The summed E-state index contributed by atoms with van der Waals surface area (Å²) in [4.78, 5) is 0. The van der Waals surface area contributed by atoms with Crippen LogP contribution in [-0.4, -0.2) is 0 Å². The number of ether oxygens (including phenoxy) is 1. The predicted molar refractivity (Wildman–Crippen MR) is 81.4 cm³/mol. The lowest BCUT2D eigenvalue weighted by Crippen LogP contribution is -2.00. The molecule has 2 aromatic carbocycles. The third-order valence-electron chi connectivity index (χ3n) is 2.98. The van der Waals surface area contributed by atoms with E-state index in [0.717, 1.165) is 22.4 Å². The molecule has 0 atom stereocenters. The zero-order valence-corrected chi connectivity index (χ0v) is 12.7. The molecule has 0 saturated carbocycles. The predicted octanol–water partition coefficient (Wildman–Crippen LogP) is 5.06. The van der Waals surface area contributed by atoms with Gasteiger partial charge in [0.1, 0.15) is 12.4 Å². The second-order valence-corrected chi connectivity index (χ2v) is 5.42. The van der Waals surface area contributed by atoms with Gasteiger partial charge in [-0.15, -0.1) is 0 Å². The van der Waals surface area contributed by atoms with Crippen molar-refractivity contribution in [3.05, 3.63) is 62.6 Å². The summed E-state index contributed by atoms with van der Waals surface area (Å²) in [6, 6.07) is 11.0. The van der Waals surface area contributed by atoms with Crippen molar-refractivity contribution in [2.45, 2.75) is 20.5 Å². The second-order valence-electron chi connectivity index (χ2n) is 4.58. The van der Waals surface area contributed by atoms with Gasteiger partial charge in [-0.1, -0.05) is 29.3 Å². The fourth-order valence-electron chi connectivity index (χ4n) is 2.01. The van der Waals surface area contributed by atoms with Crippen molar-refractivity contribution < 1.29 is 4.74 Å². The molecule has 0 aromatic heterocycles. The van der Waals surface area contributed by atoms with Gasteiger partial charge in [-0.05, 0) is 49.2 Å². The van der Waals surface area contributed by atoms with E-state index in [-0.39, 0.29) is 0 Å². The van der Waals surface area contributed by atoms with Gasteiger partial charge in [0.15, 0.2) is 0 Å². The molecular weight excluding hydrogens is 293 g/mol. The molecule has 0 aliphatic heterocycles. The maximum Gasteiger partial charge on any atom is 0.125 e. The summed E-state index contributed by atoms with van der Waals surface area (Å²) in [5.74, 6) is 0.815. The fraction of sp³-hybridized carbons (Fsp3) is 0.188. The Balaban J connectivity index is 2.20. The minimum absolute atomic E-state index is 0.355. The van der Waals surface area contributed by atoms with Crippen molar-refractivity contribution in [1.82, 2.24) is 0 Å². The standard InChI is InChI=1S/C16H13Cl2NO/c1-10-5-14(17)6-11(2)16(10)20-9-13-4-3-12(8-19)7-15(13)18/h3-7H,9H2,1-2H3. The van der Waals surface area contributed by atoms with Crippen LogP contribution in [-0.2, 0) is 6.61 Å². The SMILES string of the molecule is Cc1cc(Cl)cc(C)c1OCc1ccc(C#N)cc1Cl. The van der Waals surface area contributed by atoms with Gasteiger partial charge in [0.25, 0.3) is 0 Å². The average Bonchev–Trinajstić information content (AvgIpc) is 2.39. The molecule has 0 amide bonds. The van der Waals surface area contributed by atoms with Crippen LogP contribution in [0.15, 0.2) is 30.3 Å². The first-order valence-electron chi connectivity index (χ1n) is 6.09. The van der Waals surface area contributed by atoms with Crippen molar-refractivity contribution in [3.8, 4) is 11.8 Å². The monoisotopic (exact) mass is 305 g/mol. The van der Waals surface area contributed by atoms with E-state index in [1.807, 2.05) is 32.0 Å². The van der Waals surface area contributed by atoms with Gasteiger partial charge in [0.05, 0.1) is 11.6 Å². The molecule has 0 radical (unpaired) electrons. The molecule has 2 rings (SSSR count). The van der Waals surface area contributed by atoms with Crippen LogP contribution in [0.3, 0.4) is 0 Å². The Morgan fingerprint density at radius 2 is 1.75 bits per heavy atom. The molecule has 0 aliphatic carbocycles. The molecule has 0 aliphatic rings. The maximum absolute atomic E-state index is 8.81. The molecule has 0 spiro atoms. The number of aryl methyl sites for hydroxylation is 2. The zero-order valence-electron chi connectivity index (χ0n) is 11.2. The van der Waals surface area contributed by atoms with E-state index in [1.165, 1.54) is 0 Å². The first kappa shape index (κ1) is 14.7. The van der Waals surface area contributed by atoms with Crippen LogP contribution in [0.1, 0.15) is 22.3 Å². The molecule has 2 nitrogen and oxygen atoms in total. The molecule has 0 saturated heterocycles. The van der Waals surface area contributed by atoms with Crippen molar-refractivity contribution in [2.75, 3.05) is 0 Å². The summed E-state index contributed by atoms with van der Waals surface area (Å²) >= 11 is 12.1. The van der Waals surface area contributed by atoms with Gasteiger partial charge in [-0.25, -0.2) is 0 Å². The van der Waals surface area contributed by atoms with Gasteiger partial charge in [-0.3, -0.25) is 0 Å². The third kappa shape index (κ3) is 3.25. The summed E-state index contributed by atoms with van der Waals surface area (Å²) in [5, 5.41) is 10.0. The summed E-state index contributed by atoms with van der Waals surface area (Å²) in [7, 11) is 0. The highest BCUT2D eigenvalue weighted by atomic mass is 35.5. The largest absolute Gasteiger partial charge is 0.488 e. The van der Waals surface area contributed by atoms with Gasteiger partial charge in [0, 0.05) is 15.6 Å². The molecule has 4 heteroatoms. The quantitative estimate of drug-likeness (QED) is 0.794. The summed E-state index contributed by atoms with van der Waals surface area (Å²) in [6.45, 7) is 4.26. The topological polar surface area (TPSA) is 33.0 Å². The van der Waals surface area contributed by atoms with E-state index in [9.17, 15) is 0 Å². The second kappa shape index (κ2) is 6.17. The number of nitriles is 1. The summed E-state index contributed by atoms with van der Waals surface area (Å²) < 4.78 is 5.84. The first-order chi connectivity index (χ1) is 9.51. The van der Waals surface area contributed by atoms with E-state index in [0.29, 0.717) is 22.2 Å². The summed E-state index contributed by atoms with van der Waals surface area (Å²) in [6.07, 6.45) is 0. The molecule has 20 heavy (non-hydrogen) atoms. The molecule has 0 bridgehead atoms. The Kier molecular flexibility index (Phi) is 4.54. The van der Waals surface area contributed by atoms with Crippen LogP contribution in [0.25, 0.3) is 0 Å². The zero-order chi connectivity index (χ0) is 14.7. The first-order valence-corrected chi connectivity index (χ1v) is 6.85. The Hall–Kier alpha value is -1.69. The molecule has 2 aromatic rings. The van der Waals surface area contributed by atoms with Crippen LogP contribution < -0.4 is 4.74 Å². The van der Waals surface area contributed by atoms with Crippen molar-refractivity contribution in [2.24, 2.45) is 0 Å². The highest BCUT2D eigenvalue weighted by Gasteiger charge is 2.08. The van der Waals surface area contributed by atoms with E-state index in [2.05, 4.69) is 6.07 Å². The van der Waals surface area contributed by atoms with E-state index in [1.54, 1.807) is 12.1 Å². The minimum Gasteiger partial charge on any atom is -0.488 e. The van der Waals surface area contributed by atoms with Crippen LogP contribution in [0.5, 0.6) is 5.75 Å². The smallest absolute Gasteiger partial charge is 0.125 e. The average molecular weight is 306 g/mol. The van der Waals surface area contributed by atoms with Crippen LogP contribution >= 0.6 is 23.2 Å². The van der Waals surface area contributed by atoms with Gasteiger partial charge in [-0.2, -0.15) is 5.26 Å². The van der Waals surface area contributed by atoms with Crippen molar-refractivity contribution in [3.63, 3.8) is 0 Å². The molecule has 0 N–H and O–H groups in total. The lowest BCUT2D eigenvalue weighted by Gasteiger charge is -2.13. The number of rotatable bonds is 3. The highest BCUT2D eigenvalue weighted by molar-refractivity contribution is 6.31. The minimum atomic E-state index is 0.355. The van der Waals surface area contributed by atoms with Crippen LogP contribution in [0.2, 0.25) is 10.0 Å². The van der Waals surface area contributed by atoms with Crippen LogP contribution in [0.4, 0.5) is 0 Å². The van der Waals surface area contributed by atoms with Crippen molar-refractivity contribution in [1.29, 1.82) is 5.26 Å². The Morgan fingerprint density at radius 1 is 1.10 bits per heavy atom. The Bertz CT molecular complexity index is 666. The summed E-state index contributed by atoms with van der Waals surface area (Å²) in [5.41, 5.74) is 3.36. The van der Waals surface area contributed by atoms with Gasteiger partial charge >= 0.3 is 0 Å². The van der Waals surface area contributed by atoms with Gasteiger partial charge in [0.2, 0.25) is 0 Å². The Morgan fingerprint density at radius 3 is 2.30 bits per heavy atom. The molecule has 102 valence electrons. The lowest BCUT2D eigenvalue weighted by molar-refractivity contribution is 0.302. The van der Waals surface area contributed by atoms with Crippen molar-refractivity contribution >= 4 is 23.2 Å². The van der Waals surface area contributed by atoms with E-state index < -0.39 is 0 Å². The van der Waals surface area contributed by atoms with Gasteiger partial charge < -0.3 is 4.74 Å². The van der Waals surface area contributed by atoms with Crippen LogP contribution in [0, 0.1) is 25.2 Å². The number of hydrogen-bond donors (Lipinski definition) is 0. The Labute approximate surface area is 128 Å². The highest BCUT2D eigenvalue weighted by Crippen LogP contribution is 2.28. The lowest BCUT2D eigenvalue weighted by atomic mass is 10.1. The number of nitrogens with zero attached hydrogens (tertiary/aromatic N) is 1. The van der Waals surface area contributed by atoms with E-state index >= 15 is 0 Å². The molecule has 0 unspecified atom stereocenters. The molecule has 0 heterocycles. The number of halogens is 2.